The van der Waals surface area contributed by atoms with Crippen molar-refractivity contribution in [2.24, 2.45) is 29.1 Å². The van der Waals surface area contributed by atoms with Gasteiger partial charge in [-0.1, -0.05) is 41.5 Å². The Morgan fingerprint density at radius 2 is 1.76 bits per heavy atom. The van der Waals surface area contributed by atoms with Gasteiger partial charge in [-0.05, 0) is 78.1 Å². The molecule has 10 atom stereocenters. The number of esters is 1. The third-order valence-corrected chi connectivity index (χ3v) is 9.84. The molecule has 1 saturated heterocycles. The maximum absolute atomic E-state index is 14.1. The smallest absolute Gasteiger partial charge is 0.420 e. The minimum atomic E-state index is -1.51. The lowest BCUT2D eigenvalue weighted by atomic mass is 9.71. The Balaban J connectivity index is 2.06. The van der Waals surface area contributed by atoms with Gasteiger partial charge < -0.3 is 23.8 Å². The first kappa shape index (κ1) is 37.6. The number of hydrogen-bond acceptors (Lipinski definition) is 10. The van der Waals surface area contributed by atoms with Crippen LogP contribution in [-0.4, -0.2) is 88.4 Å². The van der Waals surface area contributed by atoms with Crippen LogP contribution in [0.1, 0.15) is 88.5 Å². The van der Waals surface area contributed by atoms with Gasteiger partial charge in [0, 0.05) is 36.2 Å². The molecule has 0 aromatic carbocycles. The lowest BCUT2D eigenvalue weighted by molar-refractivity contribution is -0.268. The molecule has 0 amide bonds. The molecular weight excluding hydrogens is 590 g/mol. The number of Topliss-reactive ketones (excluding diaryl/α,β-unsaturated/α-hetero) is 2. The highest BCUT2D eigenvalue weighted by Crippen LogP contribution is 2.41. The second kappa shape index (κ2) is 14.9. The lowest BCUT2D eigenvalue weighted by Gasteiger charge is -2.47. The molecule has 0 saturated carbocycles. The summed E-state index contributed by atoms with van der Waals surface area (Å²) in [5.41, 5.74) is -1.82. The molecule has 0 N–H and O–H groups in total. The number of allylic oxidation sites excluding steroid dienone is 1. The van der Waals surface area contributed by atoms with Crippen molar-refractivity contribution in [2.45, 2.75) is 125 Å². The first-order valence-electron chi connectivity index (χ1n) is 16.5. The molecule has 2 aliphatic rings. The van der Waals surface area contributed by atoms with Gasteiger partial charge in [0.25, 0.3) is 0 Å². The zero-order valence-corrected chi connectivity index (χ0v) is 29.7. The van der Waals surface area contributed by atoms with Crippen molar-refractivity contribution in [3.63, 3.8) is 0 Å². The van der Waals surface area contributed by atoms with Crippen molar-refractivity contribution in [3.8, 4) is 0 Å². The highest BCUT2D eigenvalue weighted by atomic mass is 16.7. The molecule has 3 rings (SSSR count). The lowest BCUT2D eigenvalue weighted by Crippen LogP contribution is -2.53. The fourth-order valence-electron chi connectivity index (χ4n) is 7.30. The Labute approximate surface area is 274 Å². The van der Waals surface area contributed by atoms with Crippen LogP contribution >= 0.6 is 0 Å². The second-order valence-corrected chi connectivity index (χ2v) is 14.6. The van der Waals surface area contributed by atoms with Crippen LogP contribution in [-0.2, 0) is 33.3 Å². The van der Waals surface area contributed by atoms with Crippen molar-refractivity contribution in [3.05, 3.63) is 30.4 Å². The summed E-state index contributed by atoms with van der Waals surface area (Å²) in [4.78, 5) is 60.7. The van der Waals surface area contributed by atoms with Gasteiger partial charge in [-0.15, -0.1) is 0 Å². The first-order valence-corrected chi connectivity index (χ1v) is 16.5. The topological polar surface area (TPSA) is 126 Å². The van der Waals surface area contributed by atoms with E-state index in [4.69, 9.17) is 18.9 Å². The van der Waals surface area contributed by atoms with E-state index in [-0.39, 0.29) is 36.1 Å². The number of aromatic nitrogens is 2. The Morgan fingerprint density at radius 1 is 1.11 bits per heavy atom. The van der Waals surface area contributed by atoms with E-state index >= 15 is 0 Å². The monoisotopic (exact) mass is 645 g/mol. The van der Waals surface area contributed by atoms with E-state index in [2.05, 4.69) is 16.8 Å². The van der Waals surface area contributed by atoms with E-state index < -0.39 is 59.3 Å². The Morgan fingerprint density at radius 3 is 2.33 bits per heavy atom. The molecule has 0 aliphatic carbocycles. The Hall–Kier alpha value is -2.89. The molecule has 0 unspecified atom stereocenters. The van der Waals surface area contributed by atoms with Gasteiger partial charge in [0.2, 0.25) is 0 Å². The number of ketones is 2. The maximum atomic E-state index is 14.1. The zero-order chi connectivity index (χ0) is 34.7. The predicted octanol–water partition coefficient (Wildman–Crippen LogP) is 5.46. The van der Waals surface area contributed by atoms with Crippen LogP contribution in [0.15, 0.2) is 30.4 Å². The summed E-state index contributed by atoms with van der Waals surface area (Å²) in [7, 11) is 4.08. The maximum Gasteiger partial charge on any atom is 0.420 e. The fraction of sp³-hybridized carbons (Fsp3) is 0.743. The SMILES string of the molecule is CC[C@H]1OC(=O)[C@H](C)C(=O)[C@H](C)[C@@H](O[C@@H]2O[C@H](C)C[C@H](N(C)C)[C@H]2C)C(C)(C)C[C@@H](C)C(=O)/C(C)=C/[C@]1(C)OC(=O)n1ccnc1. The minimum absolute atomic E-state index is 0.0111. The zero-order valence-electron chi connectivity index (χ0n) is 29.7. The molecule has 3 heterocycles. The third kappa shape index (κ3) is 8.33. The number of carbonyl (C=O) groups excluding carboxylic acids is 4. The van der Waals surface area contributed by atoms with Crippen molar-refractivity contribution in [2.75, 3.05) is 14.1 Å². The number of carbonyl (C=O) groups is 4. The van der Waals surface area contributed by atoms with Gasteiger partial charge in [-0.2, -0.15) is 0 Å². The van der Waals surface area contributed by atoms with Crippen LogP contribution in [0, 0.1) is 29.1 Å². The molecule has 11 nitrogen and oxygen atoms in total. The normalized spacial score (nSPS) is 37.6. The molecule has 46 heavy (non-hydrogen) atoms. The van der Waals surface area contributed by atoms with Gasteiger partial charge in [0.1, 0.15) is 18.3 Å². The molecule has 258 valence electrons. The molecule has 0 spiro atoms. The van der Waals surface area contributed by atoms with Crippen molar-refractivity contribution in [1.29, 1.82) is 0 Å². The third-order valence-electron chi connectivity index (χ3n) is 9.84. The molecular formula is C35H55N3O8. The van der Waals surface area contributed by atoms with Crippen molar-refractivity contribution < 1.29 is 38.1 Å². The number of cyclic esters (lactones) is 1. The van der Waals surface area contributed by atoms with Gasteiger partial charge in [0.05, 0.1) is 12.2 Å². The van der Waals surface area contributed by atoms with Gasteiger partial charge in [-0.25, -0.2) is 14.3 Å². The van der Waals surface area contributed by atoms with Gasteiger partial charge in [0.15, 0.2) is 23.5 Å². The molecule has 1 aromatic rings. The molecule has 0 radical (unpaired) electrons. The largest absolute Gasteiger partial charge is 0.457 e. The molecule has 2 aliphatic heterocycles. The summed E-state index contributed by atoms with van der Waals surface area (Å²) >= 11 is 0. The van der Waals surface area contributed by atoms with Gasteiger partial charge >= 0.3 is 12.1 Å². The van der Waals surface area contributed by atoms with Gasteiger partial charge in [-0.3, -0.25) is 14.4 Å². The summed E-state index contributed by atoms with van der Waals surface area (Å²) in [5, 5.41) is 0. The highest BCUT2D eigenvalue weighted by Gasteiger charge is 2.48. The van der Waals surface area contributed by atoms with Crippen LogP contribution in [0.3, 0.4) is 0 Å². The second-order valence-electron chi connectivity index (χ2n) is 14.6. The molecule has 0 bridgehead atoms. The number of rotatable bonds is 5. The van der Waals surface area contributed by atoms with Crippen LogP contribution in [0.25, 0.3) is 0 Å². The van der Waals surface area contributed by atoms with Crippen molar-refractivity contribution in [1.82, 2.24) is 14.5 Å². The van der Waals surface area contributed by atoms with E-state index in [0.29, 0.717) is 12.0 Å². The Kier molecular flexibility index (Phi) is 12.2. The van der Waals surface area contributed by atoms with Crippen LogP contribution in [0.2, 0.25) is 0 Å². The summed E-state index contributed by atoms with van der Waals surface area (Å²) in [6.07, 6.45) is 4.22. The van der Waals surface area contributed by atoms with Crippen molar-refractivity contribution >= 4 is 23.6 Å². The van der Waals surface area contributed by atoms with E-state index in [1.807, 2.05) is 41.8 Å². The average Bonchev–Trinajstić information content (AvgIpc) is 3.52. The fourth-order valence-corrected chi connectivity index (χ4v) is 7.30. The van der Waals surface area contributed by atoms with E-state index in [1.54, 1.807) is 33.8 Å². The minimum Gasteiger partial charge on any atom is -0.457 e. The van der Waals surface area contributed by atoms with Crippen LogP contribution in [0.5, 0.6) is 0 Å². The van der Waals surface area contributed by atoms with E-state index in [9.17, 15) is 19.2 Å². The molecule has 1 fully saturated rings. The number of imidazole rings is 1. The predicted molar refractivity (Wildman–Crippen MR) is 173 cm³/mol. The van der Waals surface area contributed by atoms with Crippen LogP contribution in [0.4, 0.5) is 4.79 Å². The quantitative estimate of drug-likeness (QED) is 0.301. The highest BCUT2D eigenvalue weighted by molar-refractivity contribution is 6.00. The summed E-state index contributed by atoms with van der Waals surface area (Å²) in [6.45, 7) is 18.3. The van der Waals surface area contributed by atoms with E-state index in [1.165, 1.54) is 25.6 Å². The van der Waals surface area contributed by atoms with Crippen LogP contribution < -0.4 is 0 Å². The number of ether oxygens (including phenoxy) is 4. The molecule has 1 aromatic heterocycles. The Bertz CT molecular complexity index is 1270. The molecule has 11 heteroatoms. The first-order chi connectivity index (χ1) is 21.3. The summed E-state index contributed by atoms with van der Waals surface area (Å²) in [5.74, 6) is -3.52. The summed E-state index contributed by atoms with van der Waals surface area (Å²) in [6, 6.07) is 0.215. The standard InChI is InChI=1S/C35H55N3O8/c1-13-27-35(10,46-33(42)38-15-14-36-19-38)18-21(3)28(39)20(2)17-34(8,9)30(24(6)29(40)25(7)31(41)44-27)45-32-23(5)26(37(11)12)16-22(4)43-32/h14-15,18-20,22-27,30,32H,13,16-17H2,1-12H3/b21-18+/t20-,22-,23-,24+,25-,26+,27-,30-,32+,35+/m1/s1. The average molecular weight is 646 g/mol. The number of nitrogens with zero attached hydrogens (tertiary/aromatic N) is 3. The van der Waals surface area contributed by atoms with E-state index in [0.717, 1.165) is 11.0 Å². The summed E-state index contributed by atoms with van der Waals surface area (Å²) < 4.78 is 26.1. The number of hydrogen-bond donors (Lipinski definition) is 0.